The maximum Gasteiger partial charge on any atom is 0.232 e. The van der Waals surface area contributed by atoms with E-state index in [1.807, 2.05) is 31.2 Å². The van der Waals surface area contributed by atoms with E-state index in [9.17, 15) is 9.90 Å². The quantitative estimate of drug-likeness (QED) is 0.815. The number of aliphatic hydroxyl groups is 1. The minimum absolute atomic E-state index is 0.0384. The summed E-state index contributed by atoms with van der Waals surface area (Å²) in [5, 5.41) is 9.19. The van der Waals surface area contributed by atoms with Gasteiger partial charge in [0.1, 0.15) is 0 Å². The number of aliphatic hydroxyl groups excluding tert-OH is 1. The smallest absolute Gasteiger partial charge is 0.232 e. The van der Waals surface area contributed by atoms with E-state index in [0.717, 1.165) is 4.90 Å². The van der Waals surface area contributed by atoms with Crippen LogP contribution in [0.3, 0.4) is 0 Å². The molecule has 0 aliphatic carbocycles. The summed E-state index contributed by atoms with van der Waals surface area (Å²) in [5.41, 5.74) is 1.21. The van der Waals surface area contributed by atoms with Crippen LogP contribution in [-0.2, 0) is 4.79 Å². The Labute approximate surface area is 107 Å². The average molecular weight is 253 g/mol. The van der Waals surface area contributed by atoms with Gasteiger partial charge in [-0.05, 0) is 26.0 Å². The van der Waals surface area contributed by atoms with Crippen molar-refractivity contribution in [1.82, 2.24) is 4.90 Å². The molecule has 0 saturated carbocycles. The van der Waals surface area contributed by atoms with Crippen LogP contribution in [0.15, 0.2) is 29.2 Å². The van der Waals surface area contributed by atoms with E-state index in [-0.39, 0.29) is 5.91 Å². The molecule has 0 aromatic heterocycles. The molecule has 0 bridgehead atoms. The van der Waals surface area contributed by atoms with E-state index in [0.29, 0.717) is 12.3 Å². The summed E-state index contributed by atoms with van der Waals surface area (Å²) in [5.74, 6) is 0.447. The van der Waals surface area contributed by atoms with Gasteiger partial charge < -0.3 is 10.0 Å². The summed E-state index contributed by atoms with van der Waals surface area (Å²) in [4.78, 5) is 14.4. The van der Waals surface area contributed by atoms with Crippen molar-refractivity contribution in [3.8, 4) is 0 Å². The fraction of sp³-hybridized carbons (Fsp3) is 0.462. The van der Waals surface area contributed by atoms with Crippen LogP contribution in [0.5, 0.6) is 0 Å². The van der Waals surface area contributed by atoms with Crippen LogP contribution in [0.2, 0.25) is 0 Å². The molecular weight excluding hydrogens is 234 g/mol. The number of nitrogens with zero attached hydrogens (tertiary/aromatic N) is 1. The molecule has 0 heterocycles. The molecule has 0 aliphatic rings. The lowest BCUT2D eigenvalue weighted by molar-refractivity contribution is -0.128. The molecule has 94 valence electrons. The summed E-state index contributed by atoms with van der Waals surface area (Å²) in [7, 11) is 1.71. The summed E-state index contributed by atoms with van der Waals surface area (Å²) in [6.07, 6.45) is -0.478. The molecule has 3 nitrogen and oxygen atoms in total. The van der Waals surface area contributed by atoms with Crippen molar-refractivity contribution in [2.75, 3.05) is 19.3 Å². The van der Waals surface area contributed by atoms with Crippen molar-refractivity contribution in [2.24, 2.45) is 0 Å². The molecule has 0 spiro atoms. The fourth-order valence-corrected chi connectivity index (χ4v) is 2.23. The Morgan fingerprint density at radius 3 is 2.53 bits per heavy atom. The zero-order valence-corrected chi connectivity index (χ0v) is 11.3. The number of carbonyl (C=O) groups is 1. The van der Waals surface area contributed by atoms with E-state index in [2.05, 4.69) is 0 Å². The predicted molar refractivity (Wildman–Crippen MR) is 71.2 cm³/mol. The van der Waals surface area contributed by atoms with Gasteiger partial charge in [0.2, 0.25) is 5.91 Å². The number of carbonyl (C=O) groups excluding carboxylic acids is 1. The van der Waals surface area contributed by atoms with Crippen molar-refractivity contribution >= 4 is 17.7 Å². The third-order valence-electron chi connectivity index (χ3n) is 2.35. The van der Waals surface area contributed by atoms with Gasteiger partial charge in [-0.2, -0.15) is 0 Å². The zero-order valence-electron chi connectivity index (χ0n) is 10.5. The van der Waals surface area contributed by atoms with Crippen LogP contribution in [0, 0.1) is 6.92 Å². The van der Waals surface area contributed by atoms with Gasteiger partial charge in [0.05, 0.1) is 11.9 Å². The van der Waals surface area contributed by atoms with E-state index in [1.54, 1.807) is 18.9 Å². The number of thioether (sulfide) groups is 1. The lowest BCUT2D eigenvalue weighted by Crippen LogP contribution is -2.34. The standard InChI is InChI=1S/C13H19NO2S/c1-10-4-6-12(7-5-10)17-9-13(16)14(3)8-11(2)15/h4-7,11,15H,8-9H2,1-3H3. The van der Waals surface area contributed by atoms with Crippen LogP contribution in [-0.4, -0.2) is 41.4 Å². The minimum atomic E-state index is -0.478. The first-order valence-corrected chi connectivity index (χ1v) is 6.59. The molecular formula is C13H19NO2S. The Morgan fingerprint density at radius 2 is 2.00 bits per heavy atom. The first kappa shape index (κ1) is 14.1. The highest BCUT2D eigenvalue weighted by atomic mass is 32.2. The van der Waals surface area contributed by atoms with Crippen molar-refractivity contribution < 1.29 is 9.90 Å². The van der Waals surface area contributed by atoms with E-state index >= 15 is 0 Å². The van der Waals surface area contributed by atoms with E-state index in [4.69, 9.17) is 0 Å². The van der Waals surface area contributed by atoms with Crippen LogP contribution < -0.4 is 0 Å². The highest BCUT2D eigenvalue weighted by Gasteiger charge is 2.10. The second-order valence-corrected chi connectivity index (χ2v) is 5.27. The van der Waals surface area contributed by atoms with Crippen molar-refractivity contribution in [3.63, 3.8) is 0 Å². The topological polar surface area (TPSA) is 40.5 Å². The molecule has 0 saturated heterocycles. The molecule has 17 heavy (non-hydrogen) atoms. The van der Waals surface area contributed by atoms with Gasteiger partial charge in [-0.3, -0.25) is 4.79 Å². The van der Waals surface area contributed by atoms with Crippen molar-refractivity contribution in [1.29, 1.82) is 0 Å². The first-order valence-electron chi connectivity index (χ1n) is 5.60. The van der Waals surface area contributed by atoms with E-state index < -0.39 is 6.10 Å². The number of aryl methyl sites for hydroxylation is 1. The summed E-state index contributed by atoms with van der Waals surface area (Å²) < 4.78 is 0. The second kappa shape index (κ2) is 6.67. The van der Waals surface area contributed by atoms with Crippen molar-refractivity contribution in [3.05, 3.63) is 29.8 Å². The lowest BCUT2D eigenvalue weighted by atomic mass is 10.2. The fourth-order valence-electron chi connectivity index (χ4n) is 1.39. The second-order valence-electron chi connectivity index (χ2n) is 4.23. The van der Waals surface area contributed by atoms with Gasteiger partial charge in [0, 0.05) is 18.5 Å². The molecule has 4 heteroatoms. The highest BCUT2D eigenvalue weighted by Crippen LogP contribution is 2.18. The monoisotopic (exact) mass is 253 g/mol. The summed E-state index contributed by atoms with van der Waals surface area (Å²) in [6.45, 7) is 4.10. The maximum atomic E-state index is 11.7. The molecule has 1 amide bonds. The van der Waals surface area contributed by atoms with E-state index in [1.165, 1.54) is 17.3 Å². The highest BCUT2D eigenvalue weighted by molar-refractivity contribution is 8.00. The van der Waals surface area contributed by atoms with Gasteiger partial charge in [0.25, 0.3) is 0 Å². The largest absolute Gasteiger partial charge is 0.392 e. The number of benzene rings is 1. The Morgan fingerprint density at radius 1 is 1.41 bits per heavy atom. The SMILES string of the molecule is Cc1ccc(SCC(=O)N(C)CC(C)O)cc1. The normalized spacial score (nSPS) is 12.2. The molecule has 0 fully saturated rings. The first-order chi connectivity index (χ1) is 7.99. The average Bonchev–Trinajstić information content (AvgIpc) is 2.27. The summed E-state index contributed by atoms with van der Waals surface area (Å²) in [6, 6.07) is 8.10. The Kier molecular flexibility index (Phi) is 5.51. The summed E-state index contributed by atoms with van der Waals surface area (Å²) >= 11 is 1.52. The Bertz CT molecular complexity index is 362. The van der Waals surface area contributed by atoms with Gasteiger partial charge in [-0.1, -0.05) is 17.7 Å². The van der Waals surface area contributed by atoms with Crippen molar-refractivity contribution in [2.45, 2.75) is 24.8 Å². The molecule has 1 rings (SSSR count). The zero-order chi connectivity index (χ0) is 12.8. The lowest BCUT2D eigenvalue weighted by Gasteiger charge is -2.18. The number of likely N-dealkylation sites (N-methyl/N-ethyl adjacent to an activating group) is 1. The minimum Gasteiger partial charge on any atom is -0.392 e. The molecule has 1 atom stereocenters. The van der Waals surface area contributed by atoms with Gasteiger partial charge >= 0.3 is 0 Å². The molecule has 1 aromatic carbocycles. The van der Waals surface area contributed by atoms with Crippen LogP contribution in [0.25, 0.3) is 0 Å². The Balaban J connectivity index is 2.40. The van der Waals surface area contributed by atoms with Gasteiger partial charge in [0.15, 0.2) is 0 Å². The number of rotatable bonds is 5. The third kappa shape index (κ3) is 5.24. The molecule has 1 unspecified atom stereocenters. The molecule has 0 radical (unpaired) electrons. The Hall–Kier alpha value is -1.00. The van der Waals surface area contributed by atoms with Crippen LogP contribution in [0.4, 0.5) is 0 Å². The maximum absolute atomic E-state index is 11.7. The predicted octanol–water partition coefficient (Wildman–Crippen LogP) is 1.93. The van der Waals surface area contributed by atoms with Crippen LogP contribution in [0.1, 0.15) is 12.5 Å². The van der Waals surface area contributed by atoms with Crippen LogP contribution >= 0.6 is 11.8 Å². The molecule has 1 aromatic rings. The number of hydrogen-bond donors (Lipinski definition) is 1. The van der Waals surface area contributed by atoms with Gasteiger partial charge in [-0.25, -0.2) is 0 Å². The molecule has 0 aliphatic heterocycles. The van der Waals surface area contributed by atoms with Gasteiger partial charge in [-0.15, -0.1) is 11.8 Å². The number of amides is 1. The third-order valence-corrected chi connectivity index (χ3v) is 3.34. The molecule has 1 N–H and O–H groups in total. The number of hydrogen-bond acceptors (Lipinski definition) is 3.